The summed E-state index contributed by atoms with van der Waals surface area (Å²) < 4.78 is 57.8. The van der Waals surface area contributed by atoms with Crippen molar-refractivity contribution in [3.05, 3.63) is 0 Å². The molecule has 1 heterocycles. The van der Waals surface area contributed by atoms with Crippen LogP contribution in [-0.2, 0) is 32.8 Å². The summed E-state index contributed by atoms with van der Waals surface area (Å²) in [7, 11) is -3.30. The monoisotopic (exact) mass is 290 g/mol. The van der Waals surface area contributed by atoms with Crippen LogP contribution < -0.4 is 0 Å². The van der Waals surface area contributed by atoms with E-state index in [2.05, 4.69) is 12.0 Å². The topological polar surface area (TPSA) is 102 Å². The molecule has 1 saturated heterocycles. The molecular formula is C6H14N2O7S2. The number of hydrogen-bond donors (Lipinski definition) is 0. The summed E-state index contributed by atoms with van der Waals surface area (Å²) in [4.78, 5) is 2.70. The fourth-order valence-corrected chi connectivity index (χ4v) is 3.40. The Kier molecular flexibility index (Phi) is 3.84. The Morgan fingerprint density at radius 2 is 1.35 bits per heavy atom. The van der Waals surface area contributed by atoms with E-state index >= 15 is 0 Å². The molecule has 1 fully saturated rings. The second-order valence-corrected chi connectivity index (χ2v) is 6.41. The zero-order valence-electron chi connectivity index (χ0n) is 9.78. The molecule has 1 aliphatic rings. The fraction of sp³-hybridized carbons (Fsp3) is 1.00. The van der Waals surface area contributed by atoms with E-state index in [1.165, 1.54) is 23.9 Å². The van der Waals surface area contributed by atoms with Crippen molar-refractivity contribution < 1.29 is 28.8 Å². The second-order valence-electron chi connectivity index (χ2n) is 3.90. The molecule has 0 spiro atoms. The minimum Gasteiger partial charge on any atom is -0.303 e. The Morgan fingerprint density at radius 1 is 0.941 bits per heavy atom. The van der Waals surface area contributed by atoms with Gasteiger partial charge in [-0.15, -0.1) is 3.63 Å². The van der Waals surface area contributed by atoms with Gasteiger partial charge < -0.3 is 4.90 Å². The molecule has 1 aliphatic heterocycles. The third-order valence-electron chi connectivity index (χ3n) is 1.83. The van der Waals surface area contributed by atoms with Crippen molar-refractivity contribution >= 4 is 20.8 Å². The summed E-state index contributed by atoms with van der Waals surface area (Å²) in [5.74, 6) is -1.97. The third kappa shape index (κ3) is 3.58. The van der Waals surface area contributed by atoms with Gasteiger partial charge in [0.05, 0.1) is 6.54 Å². The van der Waals surface area contributed by atoms with E-state index in [0.29, 0.717) is 0 Å². The molecule has 0 unspecified atom stereocenters. The van der Waals surface area contributed by atoms with Crippen LogP contribution in [0.2, 0.25) is 0 Å². The summed E-state index contributed by atoms with van der Waals surface area (Å²) in [6, 6.07) is 0. The van der Waals surface area contributed by atoms with Crippen molar-refractivity contribution in [1.82, 2.24) is 9.80 Å². The van der Waals surface area contributed by atoms with Crippen LogP contribution in [0.5, 0.6) is 0 Å². The first kappa shape index (κ1) is 14.8. The molecule has 1 rings (SSSR count). The van der Waals surface area contributed by atoms with Crippen molar-refractivity contribution in [3.63, 3.8) is 0 Å². The van der Waals surface area contributed by atoms with Crippen molar-refractivity contribution in [1.29, 1.82) is 0 Å². The lowest BCUT2D eigenvalue weighted by atomic mass is 10.4. The molecule has 11 heteroatoms. The molecule has 17 heavy (non-hydrogen) atoms. The molecule has 9 nitrogen and oxygen atoms in total. The molecular weight excluding hydrogens is 276 g/mol. The zero-order valence-corrected chi connectivity index (χ0v) is 11.4. The molecule has 0 N–H and O–H groups in total. The lowest BCUT2D eigenvalue weighted by Crippen LogP contribution is -2.60. The summed E-state index contributed by atoms with van der Waals surface area (Å²) in [6.07, 6.45) is 0. The van der Waals surface area contributed by atoms with Crippen LogP contribution in [0.1, 0.15) is 0 Å². The van der Waals surface area contributed by atoms with Crippen LogP contribution in [0.4, 0.5) is 0 Å². The van der Waals surface area contributed by atoms with Gasteiger partial charge in [-0.25, -0.2) is 0 Å². The first-order valence-corrected chi connectivity index (χ1v) is 7.09. The summed E-state index contributed by atoms with van der Waals surface area (Å²) >= 11 is 0. The molecule has 0 bridgehead atoms. The minimum absolute atomic E-state index is 0.123. The van der Waals surface area contributed by atoms with Gasteiger partial charge in [-0.1, -0.05) is 0 Å². The first-order valence-electron chi connectivity index (χ1n) is 4.42. The average Bonchev–Trinajstić information content (AvgIpc) is 1.94. The van der Waals surface area contributed by atoms with Gasteiger partial charge in [0.25, 0.3) is 5.91 Å². The number of hydrogen-bond acceptors (Lipinski definition) is 9. The van der Waals surface area contributed by atoms with Crippen LogP contribution >= 0.6 is 0 Å². The lowest BCUT2D eigenvalue weighted by molar-refractivity contribution is -0.224. The predicted octanol–water partition coefficient (Wildman–Crippen LogP) is -1.68. The molecule has 102 valence electrons. The Morgan fingerprint density at radius 3 is 1.65 bits per heavy atom. The van der Waals surface area contributed by atoms with Gasteiger partial charge >= 0.3 is 20.8 Å². The Bertz CT molecular complexity index is 446. The average molecular weight is 290 g/mol. The molecule has 0 aliphatic carbocycles. The maximum atomic E-state index is 11.2. The van der Waals surface area contributed by atoms with E-state index in [1.807, 2.05) is 0 Å². The fourth-order valence-electron chi connectivity index (χ4n) is 1.21. The zero-order chi connectivity index (χ0) is 13.5. The Labute approximate surface area is 101 Å². The van der Waals surface area contributed by atoms with Crippen molar-refractivity contribution in [2.24, 2.45) is 0 Å². The molecule has 0 aromatic carbocycles. The van der Waals surface area contributed by atoms with Crippen LogP contribution in [0.15, 0.2) is 0 Å². The maximum Gasteiger partial charge on any atom is 0.420 e. The highest BCUT2D eigenvalue weighted by Gasteiger charge is 2.52. The van der Waals surface area contributed by atoms with Crippen molar-refractivity contribution in [3.8, 4) is 0 Å². The Hall–Kier alpha value is -0.300. The highest BCUT2D eigenvalue weighted by molar-refractivity contribution is 7.95. The van der Waals surface area contributed by atoms with Gasteiger partial charge in [0.2, 0.25) is 0 Å². The molecule has 0 atom stereocenters. The predicted molar refractivity (Wildman–Crippen MR) is 56.1 cm³/mol. The number of rotatable bonds is 3. The molecule has 0 aromatic heterocycles. The largest absolute Gasteiger partial charge is 0.420 e. The first-order chi connectivity index (χ1) is 7.48. The maximum absolute atomic E-state index is 11.2. The molecule has 0 saturated carbocycles. The standard InChI is InChI=1S/C6H14N2O7S2/c1-7(2)5-6(8(3)4)13-16(9,10)15-17(11,12)14-6/h5H2,1-4H3. The number of nitrogens with zero attached hydrogens (tertiary/aromatic N) is 2. The van der Waals surface area contributed by atoms with Crippen LogP contribution in [0.3, 0.4) is 0 Å². The van der Waals surface area contributed by atoms with E-state index in [-0.39, 0.29) is 6.54 Å². The SMILES string of the molecule is CN(C)CC1(N(C)C)OS(=O)(=O)OS(=O)(=O)O1. The van der Waals surface area contributed by atoms with E-state index in [4.69, 9.17) is 0 Å². The summed E-state index contributed by atoms with van der Waals surface area (Å²) in [6.45, 7) is -0.123. The van der Waals surface area contributed by atoms with Gasteiger partial charge in [-0.05, 0) is 28.2 Å². The molecule has 0 radical (unpaired) electrons. The van der Waals surface area contributed by atoms with E-state index in [0.717, 1.165) is 0 Å². The summed E-state index contributed by atoms with van der Waals surface area (Å²) in [5, 5.41) is 0. The smallest absolute Gasteiger partial charge is 0.303 e. The molecule has 0 aromatic rings. The highest BCUT2D eigenvalue weighted by Crippen LogP contribution is 2.29. The van der Waals surface area contributed by atoms with Gasteiger partial charge in [0, 0.05) is 0 Å². The van der Waals surface area contributed by atoms with E-state index in [1.54, 1.807) is 14.1 Å². The second kappa shape index (κ2) is 4.42. The van der Waals surface area contributed by atoms with Gasteiger partial charge in [0.1, 0.15) is 0 Å². The summed E-state index contributed by atoms with van der Waals surface area (Å²) in [5.41, 5.74) is 0. The lowest BCUT2D eigenvalue weighted by Gasteiger charge is -2.39. The van der Waals surface area contributed by atoms with Gasteiger partial charge in [0.15, 0.2) is 0 Å². The molecule has 0 amide bonds. The van der Waals surface area contributed by atoms with Crippen LogP contribution in [0, 0.1) is 0 Å². The van der Waals surface area contributed by atoms with Gasteiger partial charge in [-0.2, -0.15) is 25.2 Å². The number of likely N-dealkylation sites (N-methyl/N-ethyl adjacent to an activating group) is 2. The van der Waals surface area contributed by atoms with Crippen LogP contribution in [-0.4, -0.2) is 67.3 Å². The van der Waals surface area contributed by atoms with E-state index < -0.39 is 26.7 Å². The minimum atomic E-state index is -4.67. The highest BCUT2D eigenvalue weighted by atomic mass is 32.3. The Balaban J connectivity index is 3.22. The van der Waals surface area contributed by atoms with E-state index in [9.17, 15) is 16.8 Å². The van der Waals surface area contributed by atoms with Crippen molar-refractivity contribution in [2.75, 3.05) is 34.7 Å². The quantitative estimate of drug-likeness (QED) is 0.602. The van der Waals surface area contributed by atoms with Crippen molar-refractivity contribution in [2.45, 2.75) is 5.91 Å². The van der Waals surface area contributed by atoms with Crippen LogP contribution in [0.25, 0.3) is 0 Å². The normalized spacial score (nSPS) is 26.2. The van der Waals surface area contributed by atoms with Gasteiger partial charge in [-0.3, -0.25) is 4.90 Å². The third-order valence-corrected chi connectivity index (χ3v) is 4.09.